The number of nitrogens with one attached hydrogen (secondary N) is 1. The fourth-order valence-electron chi connectivity index (χ4n) is 4.52. The molecule has 2 unspecified atom stereocenters. The van der Waals surface area contributed by atoms with Crippen molar-refractivity contribution in [3.8, 4) is 0 Å². The number of piperidine rings is 1. The number of esters is 1. The average Bonchev–Trinajstić information content (AvgIpc) is 3.18. The molecular weight excluding hydrogens is 404 g/mol. The molecule has 0 bridgehead atoms. The third-order valence-corrected chi connectivity index (χ3v) is 6.25. The minimum atomic E-state index is -0.393. The van der Waals surface area contributed by atoms with E-state index in [1.165, 1.54) is 11.1 Å². The molecule has 3 rings (SSSR count). The zero-order chi connectivity index (χ0) is 23.4. The Labute approximate surface area is 191 Å². The van der Waals surface area contributed by atoms with Gasteiger partial charge in [-0.3, -0.25) is 14.3 Å². The molecule has 1 fully saturated rings. The number of carbonyl (C=O) groups excluding carboxylic acids is 2. The van der Waals surface area contributed by atoms with Crippen molar-refractivity contribution in [2.45, 2.75) is 58.4 Å². The van der Waals surface area contributed by atoms with Gasteiger partial charge >= 0.3 is 5.97 Å². The molecule has 1 amide bonds. The lowest BCUT2D eigenvalue weighted by Gasteiger charge is -2.37. The van der Waals surface area contributed by atoms with Crippen LogP contribution in [0.3, 0.4) is 0 Å². The fraction of sp³-hybridized carbons (Fsp3) is 0.560. The van der Waals surface area contributed by atoms with Gasteiger partial charge in [0.15, 0.2) is 0 Å². The largest absolute Gasteiger partial charge is 0.464 e. The number of aromatic nitrogens is 2. The molecule has 2 heterocycles. The van der Waals surface area contributed by atoms with E-state index >= 15 is 0 Å². The van der Waals surface area contributed by atoms with E-state index in [1.54, 1.807) is 22.8 Å². The van der Waals surface area contributed by atoms with Crippen LogP contribution in [0.4, 0.5) is 5.69 Å². The molecular formula is C25H36N4O3. The Hall–Kier alpha value is -2.83. The normalized spacial score (nSPS) is 19.0. The van der Waals surface area contributed by atoms with Crippen LogP contribution < -0.4 is 5.32 Å². The molecule has 32 heavy (non-hydrogen) atoms. The summed E-state index contributed by atoms with van der Waals surface area (Å²) in [6, 6.07) is 6.06. The van der Waals surface area contributed by atoms with Crippen molar-refractivity contribution in [2.24, 2.45) is 13.0 Å². The Morgan fingerprint density at radius 2 is 1.84 bits per heavy atom. The van der Waals surface area contributed by atoms with Crippen molar-refractivity contribution < 1.29 is 14.3 Å². The number of likely N-dealkylation sites (tertiary alicyclic amines) is 1. The SMILES string of the molecule is CC(C)c1cccc(C(C)C)c1NCCOC(=O)C1CCC(=O)N(C)C1c1cnn(C)c1. The summed E-state index contributed by atoms with van der Waals surface area (Å²) in [7, 11) is 3.57. The van der Waals surface area contributed by atoms with Crippen LogP contribution in [-0.4, -0.2) is 46.8 Å². The molecule has 7 nitrogen and oxygen atoms in total. The molecule has 1 N–H and O–H groups in total. The summed E-state index contributed by atoms with van der Waals surface area (Å²) in [4.78, 5) is 26.9. The van der Waals surface area contributed by atoms with Gasteiger partial charge in [-0.2, -0.15) is 5.10 Å². The van der Waals surface area contributed by atoms with Crippen molar-refractivity contribution in [2.75, 3.05) is 25.5 Å². The Balaban J connectivity index is 1.65. The number of para-hydroxylation sites is 1. The molecule has 0 spiro atoms. The van der Waals surface area contributed by atoms with Gasteiger partial charge < -0.3 is 15.0 Å². The van der Waals surface area contributed by atoms with Crippen LogP contribution in [0.2, 0.25) is 0 Å². The maximum absolute atomic E-state index is 13.0. The van der Waals surface area contributed by atoms with Crippen LogP contribution in [0.1, 0.15) is 75.1 Å². The molecule has 0 saturated carbocycles. The highest BCUT2D eigenvalue weighted by molar-refractivity contribution is 5.82. The van der Waals surface area contributed by atoms with Crippen molar-refractivity contribution >= 4 is 17.6 Å². The van der Waals surface area contributed by atoms with Gasteiger partial charge in [0.2, 0.25) is 5.91 Å². The summed E-state index contributed by atoms with van der Waals surface area (Å²) in [5.41, 5.74) is 4.54. The predicted molar refractivity (Wildman–Crippen MR) is 126 cm³/mol. The van der Waals surface area contributed by atoms with Gasteiger partial charge in [0, 0.05) is 44.5 Å². The number of hydrogen-bond donors (Lipinski definition) is 1. The van der Waals surface area contributed by atoms with Gasteiger partial charge in [-0.1, -0.05) is 45.9 Å². The first kappa shape index (κ1) is 23.8. The minimum absolute atomic E-state index is 0.0380. The third-order valence-electron chi connectivity index (χ3n) is 6.25. The first-order valence-electron chi connectivity index (χ1n) is 11.5. The number of ether oxygens (including phenoxy) is 1. The molecule has 1 aromatic heterocycles. The summed E-state index contributed by atoms with van der Waals surface area (Å²) in [5, 5.41) is 7.73. The fourth-order valence-corrected chi connectivity index (χ4v) is 4.52. The molecule has 7 heteroatoms. The summed E-state index contributed by atoms with van der Waals surface area (Å²) in [6.45, 7) is 9.55. The number of hydrogen-bond acceptors (Lipinski definition) is 5. The van der Waals surface area contributed by atoms with Crippen LogP contribution in [0.25, 0.3) is 0 Å². The quantitative estimate of drug-likeness (QED) is 0.491. The van der Waals surface area contributed by atoms with Gasteiger partial charge in [0.25, 0.3) is 0 Å². The van der Waals surface area contributed by atoms with E-state index in [0.717, 1.165) is 11.3 Å². The van der Waals surface area contributed by atoms with E-state index in [9.17, 15) is 9.59 Å². The maximum Gasteiger partial charge on any atom is 0.311 e. The molecule has 2 aromatic rings. The minimum Gasteiger partial charge on any atom is -0.464 e. The van der Waals surface area contributed by atoms with Crippen molar-refractivity contribution in [1.82, 2.24) is 14.7 Å². The smallest absolute Gasteiger partial charge is 0.311 e. The highest BCUT2D eigenvalue weighted by Gasteiger charge is 2.40. The van der Waals surface area contributed by atoms with Gasteiger partial charge in [-0.15, -0.1) is 0 Å². The zero-order valence-electron chi connectivity index (χ0n) is 20.1. The Morgan fingerprint density at radius 1 is 1.19 bits per heavy atom. The standard InChI is InChI=1S/C25H36N4O3/c1-16(2)19-8-7-9-20(17(3)4)23(19)26-12-13-32-25(31)21-10-11-22(30)29(6)24(21)18-14-27-28(5)15-18/h7-9,14-17,21,24,26H,10-13H2,1-6H3. The second kappa shape index (κ2) is 10.2. The highest BCUT2D eigenvalue weighted by Crippen LogP contribution is 2.36. The third kappa shape index (κ3) is 5.14. The molecule has 1 saturated heterocycles. The molecule has 1 aromatic carbocycles. The number of benzene rings is 1. The highest BCUT2D eigenvalue weighted by atomic mass is 16.5. The number of aryl methyl sites for hydroxylation is 1. The van der Waals surface area contributed by atoms with Crippen LogP contribution in [0, 0.1) is 5.92 Å². The Kier molecular flexibility index (Phi) is 7.59. The summed E-state index contributed by atoms with van der Waals surface area (Å²) >= 11 is 0. The second-order valence-electron chi connectivity index (χ2n) is 9.26. The first-order valence-corrected chi connectivity index (χ1v) is 11.5. The van der Waals surface area contributed by atoms with Gasteiger partial charge in [0.1, 0.15) is 6.61 Å². The lowest BCUT2D eigenvalue weighted by molar-refractivity contribution is -0.155. The molecule has 1 aliphatic heterocycles. The monoisotopic (exact) mass is 440 g/mol. The lowest BCUT2D eigenvalue weighted by Crippen LogP contribution is -2.43. The van der Waals surface area contributed by atoms with E-state index in [4.69, 9.17) is 4.74 Å². The van der Waals surface area contributed by atoms with Crippen LogP contribution in [-0.2, 0) is 21.4 Å². The maximum atomic E-state index is 13.0. The molecule has 2 atom stereocenters. The summed E-state index contributed by atoms with van der Waals surface area (Å²) < 4.78 is 7.37. The molecule has 174 valence electrons. The van der Waals surface area contributed by atoms with E-state index < -0.39 is 5.92 Å². The molecule has 1 aliphatic rings. The molecule has 0 aliphatic carbocycles. The van der Waals surface area contributed by atoms with E-state index in [1.807, 2.05) is 13.2 Å². The van der Waals surface area contributed by atoms with E-state index in [-0.39, 0.29) is 24.5 Å². The average molecular weight is 441 g/mol. The van der Waals surface area contributed by atoms with Gasteiger partial charge in [-0.25, -0.2) is 0 Å². The van der Waals surface area contributed by atoms with Crippen LogP contribution >= 0.6 is 0 Å². The first-order chi connectivity index (χ1) is 15.2. The molecule has 0 radical (unpaired) electrons. The summed E-state index contributed by atoms with van der Waals surface area (Å²) in [5.74, 6) is 0.178. The number of anilines is 1. The number of rotatable bonds is 8. The number of carbonyl (C=O) groups is 2. The zero-order valence-corrected chi connectivity index (χ0v) is 20.1. The Morgan fingerprint density at radius 3 is 2.41 bits per heavy atom. The van der Waals surface area contributed by atoms with Gasteiger partial charge in [-0.05, 0) is 29.4 Å². The number of nitrogens with zero attached hydrogens (tertiary/aromatic N) is 3. The van der Waals surface area contributed by atoms with Crippen molar-refractivity contribution in [1.29, 1.82) is 0 Å². The van der Waals surface area contributed by atoms with E-state index in [2.05, 4.69) is 56.3 Å². The van der Waals surface area contributed by atoms with E-state index in [0.29, 0.717) is 31.2 Å². The van der Waals surface area contributed by atoms with Crippen LogP contribution in [0.5, 0.6) is 0 Å². The summed E-state index contributed by atoms with van der Waals surface area (Å²) in [6.07, 6.45) is 4.42. The number of amides is 1. The van der Waals surface area contributed by atoms with Gasteiger partial charge in [0.05, 0.1) is 18.2 Å². The van der Waals surface area contributed by atoms with Crippen molar-refractivity contribution in [3.63, 3.8) is 0 Å². The van der Waals surface area contributed by atoms with Crippen molar-refractivity contribution in [3.05, 3.63) is 47.3 Å². The lowest BCUT2D eigenvalue weighted by atomic mass is 9.86. The topological polar surface area (TPSA) is 76.5 Å². The second-order valence-corrected chi connectivity index (χ2v) is 9.26. The predicted octanol–water partition coefficient (Wildman–Crippen LogP) is 4.23. The van der Waals surface area contributed by atoms with Crippen LogP contribution in [0.15, 0.2) is 30.6 Å². The Bertz CT molecular complexity index is 924.